The van der Waals surface area contributed by atoms with Crippen LogP contribution in [-0.4, -0.2) is 37.6 Å². The van der Waals surface area contributed by atoms with E-state index in [2.05, 4.69) is 38.2 Å². The van der Waals surface area contributed by atoms with E-state index in [0.717, 1.165) is 29.8 Å². The molecule has 0 aromatic rings. The summed E-state index contributed by atoms with van der Waals surface area (Å²) < 4.78 is 0. The van der Waals surface area contributed by atoms with Crippen molar-refractivity contribution in [2.75, 3.05) is 20.6 Å². The second-order valence-corrected chi connectivity index (χ2v) is 7.70. The summed E-state index contributed by atoms with van der Waals surface area (Å²) in [5.74, 6) is 2.59. The molecule has 2 saturated carbocycles. The van der Waals surface area contributed by atoms with E-state index in [9.17, 15) is 0 Å². The van der Waals surface area contributed by atoms with Crippen molar-refractivity contribution in [2.45, 2.75) is 77.3 Å². The van der Waals surface area contributed by atoms with Crippen LogP contribution < -0.4 is 5.32 Å². The van der Waals surface area contributed by atoms with Crippen molar-refractivity contribution in [1.29, 1.82) is 0 Å². The van der Waals surface area contributed by atoms with Crippen molar-refractivity contribution >= 4 is 0 Å². The van der Waals surface area contributed by atoms with E-state index in [1.165, 1.54) is 57.9 Å². The van der Waals surface area contributed by atoms with Gasteiger partial charge in [-0.2, -0.15) is 0 Å². The van der Waals surface area contributed by atoms with E-state index in [-0.39, 0.29) is 0 Å². The third-order valence-electron chi connectivity index (χ3n) is 6.00. The van der Waals surface area contributed by atoms with Gasteiger partial charge in [0.05, 0.1) is 0 Å². The van der Waals surface area contributed by atoms with Crippen molar-refractivity contribution in [3.05, 3.63) is 0 Å². The minimum atomic E-state index is 0.724. The Kier molecular flexibility index (Phi) is 6.35. The average Bonchev–Trinajstić information content (AvgIpc) is 2.70. The lowest BCUT2D eigenvalue weighted by Crippen LogP contribution is -2.49. The highest BCUT2D eigenvalue weighted by atomic mass is 15.1. The van der Waals surface area contributed by atoms with Gasteiger partial charge in [0, 0.05) is 18.6 Å². The van der Waals surface area contributed by atoms with Gasteiger partial charge in [0.2, 0.25) is 0 Å². The van der Waals surface area contributed by atoms with Gasteiger partial charge in [-0.3, -0.25) is 0 Å². The molecular formula is C18H36N2. The smallest absolute Gasteiger partial charge is 0.0110 e. The molecule has 0 radical (unpaired) electrons. The van der Waals surface area contributed by atoms with E-state index in [1.54, 1.807) is 0 Å². The van der Waals surface area contributed by atoms with Crippen LogP contribution in [0.5, 0.6) is 0 Å². The topological polar surface area (TPSA) is 15.3 Å². The number of hydrogen-bond acceptors (Lipinski definition) is 2. The van der Waals surface area contributed by atoms with Gasteiger partial charge < -0.3 is 10.2 Å². The van der Waals surface area contributed by atoms with Gasteiger partial charge in [0.1, 0.15) is 0 Å². The summed E-state index contributed by atoms with van der Waals surface area (Å²) in [6.07, 6.45) is 11.5. The van der Waals surface area contributed by atoms with Crippen LogP contribution in [0.25, 0.3) is 0 Å². The van der Waals surface area contributed by atoms with E-state index in [0.29, 0.717) is 0 Å². The van der Waals surface area contributed by atoms with Crippen molar-refractivity contribution in [1.82, 2.24) is 10.2 Å². The monoisotopic (exact) mass is 280 g/mol. The molecule has 20 heavy (non-hydrogen) atoms. The number of nitrogens with one attached hydrogen (secondary N) is 1. The third-order valence-corrected chi connectivity index (χ3v) is 6.00. The molecule has 0 aliphatic heterocycles. The molecule has 2 nitrogen and oxygen atoms in total. The predicted molar refractivity (Wildman–Crippen MR) is 88.0 cm³/mol. The van der Waals surface area contributed by atoms with Crippen molar-refractivity contribution in [2.24, 2.45) is 17.8 Å². The summed E-state index contributed by atoms with van der Waals surface area (Å²) in [6, 6.07) is 1.57. The normalized spacial score (nSPS) is 37.0. The number of nitrogens with zero attached hydrogens (tertiary/aromatic N) is 1. The minimum Gasteiger partial charge on any atom is -0.317 e. The minimum absolute atomic E-state index is 0.724. The maximum absolute atomic E-state index is 3.61. The summed E-state index contributed by atoms with van der Waals surface area (Å²) in [4.78, 5) is 2.70. The molecule has 0 bridgehead atoms. The first-order valence-corrected chi connectivity index (χ1v) is 8.99. The van der Waals surface area contributed by atoms with Crippen LogP contribution in [0.4, 0.5) is 0 Å². The van der Waals surface area contributed by atoms with E-state index >= 15 is 0 Å². The molecule has 0 aromatic carbocycles. The zero-order valence-electron chi connectivity index (χ0n) is 14.2. The molecule has 2 fully saturated rings. The molecule has 4 unspecified atom stereocenters. The lowest BCUT2D eigenvalue weighted by Gasteiger charge is -2.42. The Morgan fingerprint density at radius 3 is 2.25 bits per heavy atom. The summed E-state index contributed by atoms with van der Waals surface area (Å²) in [7, 11) is 4.54. The van der Waals surface area contributed by atoms with E-state index in [4.69, 9.17) is 0 Å². The van der Waals surface area contributed by atoms with Crippen LogP contribution in [0.1, 0.15) is 65.2 Å². The van der Waals surface area contributed by atoms with Gasteiger partial charge in [-0.1, -0.05) is 39.5 Å². The van der Waals surface area contributed by atoms with Gasteiger partial charge in [0.15, 0.2) is 0 Å². The highest BCUT2D eigenvalue weighted by Crippen LogP contribution is 2.35. The van der Waals surface area contributed by atoms with Crippen LogP contribution in [-0.2, 0) is 0 Å². The van der Waals surface area contributed by atoms with Gasteiger partial charge in [-0.05, 0) is 57.5 Å². The molecule has 0 spiro atoms. The summed E-state index contributed by atoms with van der Waals surface area (Å²) >= 11 is 0. The molecule has 0 heterocycles. The highest BCUT2D eigenvalue weighted by molar-refractivity contribution is 4.89. The largest absolute Gasteiger partial charge is 0.317 e. The first kappa shape index (κ1) is 16.3. The second kappa shape index (κ2) is 7.79. The van der Waals surface area contributed by atoms with Crippen molar-refractivity contribution in [3.63, 3.8) is 0 Å². The molecule has 2 aliphatic rings. The molecular weight excluding hydrogens is 244 g/mol. The van der Waals surface area contributed by atoms with Crippen molar-refractivity contribution < 1.29 is 0 Å². The van der Waals surface area contributed by atoms with Crippen LogP contribution in [0.2, 0.25) is 0 Å². The van der Waals surface area contributed by atoms with Crippen LogP contribution in [0.3, 0.4) is 0 Å². The van der Waals surface area contributed by atoms with Crippen molar-refractivity contribution in [3.8, 4) is 0 Å². The molecule has 2 aliphatic carbocycles. The Labute approximate surface area is 126 Å². The van der Waals surface area contributed by atoms with E-state index < -0.39 is 0 Å². The van der Waals surface area contributed by atoms with Gasteiger partial charge in [-0.15, -0.1) is 0 Å². The molecule has 4 atom stereocenters. The first-order valence-electron chi connectivity index (χ1n) is 8.99. The summed E-state index contributed by atoms with van der Waals surface area (Å²) in [5.41, 5.74) is 0. The molecule has 2 heteroatoms. The Bertz CT molecular complexity index is 271. The average molecular weight is 280 g/mol. The summed E-state index contributed by atoms with van der Waals surface area (Å²) in [5, 5.41) is 3.61. The zero-order valence-corrected chi connectivity index (χ0v) is 14.2. The van der Waals surface area contributed by atoms with Crippen LogP contribution in [0, 0.1) is 17.8 Å². The Balaban J connectivity index is 1.92. The fraction of sp³-hybridized carbons (Fsp3) is 1.00. The molecule has 0 amide bonds. The van der Waals surface area contributed by atoms with Gasteiger partial charge in [0.25, 0.3) is 0 Å². The molecule has 1 N–H and O–H groups in total. The lowest BCUT2D eigenvalue weighted by atomic mass is 9.72. The molecule has 0 aromatic heterocycles. The maximum atomic E-state index is 3.61. The quantitative estimate of drug-likeness (QED) is 0.785. The number of rotatable bonds is 4. The zero-order chi connectivity index (χ0) is 14.5. The highest BCUT2D eigenvalue weighted by Gasteiger charge is 2.34. The van der Waals surface area contributed by atoms with Gasteiger partial charge in [-0.25, -0.2) is 0 Å². The standard InChI is InChI=1S/C18H36N2/c1-14-11-15(2)17(18(12-14)19-3)13-20(4)16-9-7-5-6-8-10-16/h14-19H,5-13H2,1-4H3. The fourth-order valence-electron chi connectivity index (χ4n) is 4.73. The Morgan fingerprint density at radius 1 is 1.00 bits per heavy atom. The molecule has 0 saturated heterocycles. The summed E-state index contributed by atoms with van der Waals surface area (Å²) in [6.45, 7) is 6.20. The SMILES string of the molecule is CNC1CC(C)CC(C)C1CN(C)C1CCCCCC1. The maximum Gasteiger partial charge on any atom is 0.0110 e. The molecule has 118 valence electrons. The third kappa shape index (κ3) is 4.21. The first-order chi connectivity index (χ1) is 9.61. The predicted octanol–water partition coefficient (Wildman–Crippen LogP) is 3.91. The van der Waals surface area contributed by atoms with Crippen LogP contribution in [0.15, 0.2) is 0 Å². The van der Waals surface area contributed by atoms with Crippen LogP contribution >= 0.6 is 0 Å². The fourth-order valence-corrected chi connectivity index (χ4v) is 4.73. The van der Waals surface area contributed by atoms with E-state index in [1.807, 2.05) is 0 Å². The Morgan fingerprint density at radius 2 is 1.65 bits per heavy atom. The molecule has 2 rings (SSSR count). The lowest BCUT2D eigenvalue weighted by molar-refractivity contribution is 0.0930. The second-order valence-electron chi connectivity index (χ2n) is 7.70. The Hall–Kier alpha value is -0.0800. The number of hydrogen-bond donors (Lipinski definition) is 1. The van der Waals surface area contributed by atoms with Gasteiger partial charge >= 0.3 is 0 Å².